The summed E-state index contributed by atoms with van der Waals surface area (Å²) in [5, 5.41) is 20.7. The number of aliphatic hydroxyl groups excluding tert-OH is 1. The number of benzene rings is 1. The molecule has 5 rings (SSSR count). The van der Waals surface area contributed by atoms with Gasteiger partial charge in [0.05, 0.1) is 24.8 Å². The fourth-order valence-corrected chi connectivity index (χ4v) is 9.70. The van der Waals surface area contributed by atoms with E-state index in [1.165, 1.54) is 0 Å². The number of carbonyl (C=O) groups is 2. The zero-order valence-electron chi connectivity index (χ0n) is 36.1. The molecule has 0 amide bonds. The normalized spacial score (nSPS) is 22.7. The van der Waals surface area contributed by atoms with E-state index in [2.05, 4.69) is 83.9 Å². The summed E-state index contributed by atoms with van der Waals surface area (Å²) in [6.45, 7) is 22.6. The highest BCUT2D eigenvalue weighted by Crippen LogP contribution is 2.60. The number of ketones is 2. The largest absolute Gasteiger partial charge is 0.508 e. The number of aliphatic hydroxyl groups is 1. The molecule has 2 aromatic rings. The summed E-state index contributed by atoms with van der Waals surface area (Å²) in [6.07, 6.45) is 5.30. The molecule has 12 heteroatoms. The van der Waals surface area contributed by atoms with Crippen LogP contribution in [0.4, 0.5) is 5.69 Å². The third-order valence-electron chi connectivity index (χ3n) is 12.7. The maximum Gasteiger partial charge on any atom is 0.265 e. The number of fused-ring (bicyclic) bond motifs is 4. The maximum absolute atomic E-state index is 15.5. The Morgan fingerprint density at radius 1 is 1.00 bits per heavy atom. The van der Waals surface area contributed by atoms with E-state index in [9.17, 15) is 5.11 Å². The molecule has 1 aromatic carbocycles. The molecular weight excluding hydrogens is 713 g/mol. The first-order valence-electron chi connectivity index (χ1n) is 20.4. The molecule has 0 unspecified atom stereocenters. The van der Waals surface area contributed by atoms with Crippen LogP contribution in [0.15, 0.2) is 21.9 Å². The van der Waals surface area contributed by atoms with E-state index in [0.717, 1.165) is 48.9 Å². The van der Waals surface area contributed by atoms with Gasteiger partial charge in [0.15, 0.2) is 25.5 Å². The van der Waals surface area contributed by atoms with Crippen molar-refractivity contribution in [2.75, 3.05) is 46.3 Å². The zero-order chi connectivity index (χ0) is 40.8. The van der Waals surface area contributed by atoms with Gasteiger partial charge in [0.2, 0.25) is 5.78 Å². The first kappa shape index (κ1) is 42.9. The monoisotopic (exact) mass is 780 g/mol. The van der Waals surface area contributed by atoms with Crippen LogP contribution in [0.25, 0.3) is 0 Å². The average Bonchev–Trinajstić information content (AvgIpc) is 3.51. The van der Waals surface area contributed by atoms with Gasteiger partial charge in [0.1, 0.15) is 17.1 Å². The summed E-state index contributed by atoms with van der Waals surface area (Å²) in [7, 11) is 5.10. The maximum atomic E-state index is 15.5. The Morgan fingerprint density at radius 3 is 2.20 bits per heavy atom. The molecule has 1 aromatic heterocycles. The number of hydrogen-bond donors (Lipinski definition) is 2. The minimum absolute atomic E-state index is 0.0910. The van der Waals surface area contributed by atoms with Gasteiger partial charge in [-0.15, -0.1) is 0 Å². The fraction of sp³-hybridized carbons (Fsp3) is 0.698. The summed E-state index contributed by atoms with van der Waals surface area (Å²) in [5.74, 6) is -1.02. The first-order valence-corrected chi connectivity index (χ1v) is 23.4. The zero-order valence-corrected chi connectivity index (χ0v) is 37.1. The molecule has 4 atom stereocenters. The lowest BCUT2D eigenvalue weighted by Gasteiger charge is -2.55. The van der Waals surface area contributed by atoms with Crippen LogP contribution in [0.3, 0.4) is 0 Å². The SMILES string of the molecule is CCCCOc1cc(CNC(C)(C)CC)c(N(C)C)c2c1C(=O)C1=C(O)[C@]3(O[Si](C)(C)C(C)(C)C)C(=O)c4c(OCCCC)noc4[C@@H](N(C)C)[C@@H]3C[C@@H]1C2. The number of rotatable bonds is 16. The van der Waals surface area contributed by atoms with Crippen LogP contribution in [-0.2, 0) is 17.4 Å². The van der Waals surface area contributed by atoms with Crippen molar-refractivity contribution in [3.05, 3.63) is 45.4 Å². The van der Waals surface area contributed by atoms with Crippen LogP contribution in [-0.4, -0.2) is 87.6 Å². The molecule has 3 aliphatic rings. The van der Waals surface area contributed by atoms with Gasteiger partial charge in [0.25, 0.3) is 5.88 Å². The molecule has 306 valence electrons. The van der Waals surface area contributed by atoms with E-state index in [1.807, 2.05) is 39.2 Å². The van der Waals surface area contributed by atoms with Gasteiger partial charge in [-0.3, -0.25) is 14.5 Å². The summed E-state index contributed by atoms with van der Waals surface area (Å²) >= 11 is 0. The lowest BCUT2D eigenvalue weighted by atomic mass is 9.58. The van der Waals surface area contributed by atoms with Crippen molar-refractivity contribution >= 4 is 25.6 Å². The molecule has 11 nitrogen and oxygen atoms in total. The van der Waals surface area contributed by atoms with Gasteiger partial charge < -0.3 is 33.7 Å². The Labute approximate surface area is 330 Å². The fourth-order valence-electron chi connectivity index (χ4n) is 8.24. The average molecular weight is 781 g/mol. The number of ether oxygens (including phenoxy) is 2. The first-order chi connectivity index (χ1) is 25.7. The van der Waals surface area contributed by atoms with E-state index < -0.39 is 37.6 Å². The number of hydrogen-bond acceptors (Lipinski definition) is 11. The Morgan fingerprint density at radius 2 is 1.64 bits per heavy atom. The summed E-state index contributed by atoms with van der Waals surface area (Å²) < 4.78 is 25.9. The highest BCUT2D eigenvalue weighted by molar-refractivity contribution is 6.74. The number of anilines is 1. The van der Waals surface area contributed by atoms with Crippen molar-refractivity contribution < 1.29 is 33.1 Å². The standard InChI is InChI=1S/C43H68N4O7Si/c1-15-18-20-51-30-24-27(25-44-42(7,8)17-3)34(46(9)10)28-22-26-23-29-35(47(11)12)37-33(40(45-53-37)52-21-19-16-2)39(50)43(29,54-55(13,14)41(4,5)6)38(49)31(26)36(48)32(28)30/h24,26,29,35,44,49H,15-23,25H2,1-14H3/t26-,29-,35-,43-/m0/s1. The minimum Gasteiger partial charge on any atom is -0.508 e. The van der Waals surface area contributed by atoms with Crippen LogP contribution >= 0.6 is 0 Å². The second-order valence-corrected chi connectivity index (χ2v) is 23.2. The number of nitrogens with one attached hydrogen (secondary N) is 1. The Balaban J connectivity index is 1.80. The molecule has 55 heavy (non-hydrogen) atoms. The minimum atomic E-state index is -2.82. The van der Waals surface area contributed by atoms with Crippen LogP contribution < -0.4 is 19.7 Å². The molecule has 0 aliphatic heterocycles. The predicted molar refractivity (Wildman–Crippen MR) is 220 cm³/mol. The topological polar surface area (TPSA) is 127 Å². The smallest absolute Gasteiger partial charge is 0.265 e. The highest BCUT2D eigenvalue weighted by atomic mass is 28.4. The molecule has 2 N–H and O–H groups in total. The van der Waals surface area contributed by atoms with Gasteiger partial charge in [-0.1, -0.05) is 54.4 Å². The van der Waals surface area contributed by atoms with Gasteiger partial charge in [-0.05, 0) is 106 Å². The van der Waals surface area contributed by atoms with Crippen LogP contribution in [0, 0.1) is 11.8 Å². The lowest BCUT2D eigenvalue weighted by molar-refractivity contribution is -0.0480. The predicted octanol–water partition coefficient (Wildman–Crippen LogP) is 8.82. The molecule has 1 heterocycles. The number of nitrogens with zero attached hydrogens (tertiary/aromatic N) is 3. The van der Waals surface area contributed by atoms with E-state index in [1.54, 1.807) is 0 Å². The Hall–Kier alpha value is -3.19. The van der Waals surface area contributed by atoms with Gasteiger partial charge >= 0.3 is 0 Å². The van der Waals surface area contributed by atoms with E-state index in [-0.39, 0.29) is 39.1 Å². The Bertz CT molecular complexity index is 1790. The number of unbranched alkanes of at least 4 members (excludes halogenated alkanes) is 2. The molecule has 0 saturated heterocycles. The van der Waals surface area contributed by atoms with Gasteiger partial charge in [-0.2, -0.15) is 0 Å². The highest BCUT2D eigenvalue weighted by Gasteiger charge is 2.67. The summed E-state index contributed by atoms with van der Waals surface area (Å²) in [5.41, 5.74) is 1.87. The number of allylic oxidation sites excluding steroid dienone is 1. The van der Waals surface area contributed by atoms with Crippen molar-refractivity contribution in [1.82, 2.24) is 15.4 Å². The number of carbonyl (C=O) groups excluding carboxylic acids is 2. The van der Waals surface area contributed by atoms with Gasteiger partial charge in [0, 0.05) is 43.4 Å². The third-order valence-corrected chi connectivity index (χ3v) is 17.1. The summed E-state index contributed by atoms with van der Waals surface area (Å²) in [6, 6.07) is 1.50. The van der Waals surface area contributed by atoms with Crippen LogP contribution in [0.1, 0.15) is 138 Å². The molecule has 0 saturated carbocycles. The van der Waals surface area contributed by atoms with Crippen molar-refractivity contribution in [2.24, 2.45) is 11.8 Å². The number of aromatic nitrogens is 1. The van der Waals surface area contributed by atoms with Gasteiger partial charge in [-0.25, -0.2) is 0 Å². The van der Waals surface area contributed by atoms with Crippen molar-refractivity contribution in [1.29, 1.82) is 0 Å². The van der Waals surface area contributed by atoms with E-state index in [4.69, 9.17) is 18.4 Å². The molecule has 0 bridgehead atoms. The van der Waals surface area contributed by atoms with Crippen molar-refractivity contribution in [3.63, 3.8) is 0 Å². The molecular formula is C43H68N4O7Si. The van der Waals surface area contributed by atoms with E-state index >= 15 is 9.59 Å². The van der Waals surface area contributed by atoms with Crippen LogP contribution in [0.2, 0.25) is 18.1 Å². The lowest BCUT2D eigenvalue weighted by Crippen LogP contribution is -2.65. The molecule has 0 fully saturated rings. The molecule has 0 spiro atoms. The summed E-state index contributed by atoms with van der Waals surface area (Å²) in [4.78, 5) is 34.9. The second-order valence-electron chi connectivity index (χ2n) is 18.5. The molecule has 3 aliphatic carbocycles. The quantitative estimate of drug-likeness (QED) is 0.125. The van der Waals surface area contributed by atoms with Crippen molar-refractivity contribution in [3.8, 4) is 11.6 Å². The third kappa shape index (κ3) is 7.65. The second kappa shape index (κ2) is 16.0. The van der Waals surface area contributed by atoms with Crippen LogP contribution in [0.5, 0.6) is 11.6 Å². The number of Topliss-reactive ketones (excluding diaryl/α,β-unsaturated/α-hetero) is 2. The Kier molecular flexibility index (Phi) is 12.5. The van der Waals surface area contributed by atoms with E-state index in [0.29, 0.717) is 49.7 Å². The molecule has 0 radical (unpaired) electrons. The van der Waals surface area contributed by atoms with Crippen molar-refractivity contribution in [2.45, 2.75) is 142 Å².